The van der Waals surface area contributed by atoms with Gasteiger partial charge in [0.2, 0.25) is 10.0 Å². The number of benzene rings is 2. The van der Waals surface area contributed by atoms with Gasteiger partial charge in [-0.3, -0.25) is 0 Å². The fraction of sp³-hybridized carbons (Fsp3) is 0.300. The van der Waals surface area contributed by atoms with Crippen molar-refractivity contribution in [3.05, 3.63) is 60.0 Å². The predicted molar refractivity (Wildman–Crippen MR) is 102 cm³/mol. The topological polar surface area (TPSA) is 62.4 Å². The highest BCUT2D eigenvalue weighted by Gasteiger charge is 2.37. The molecule has 0 aliphatic carbocycles. The zero-order valence-corrected chi connectivity index (χ0v) is 16.4. The van der Waals surface area contributed by atoms with Crippen molar-refractivity contribution in [2.24, 2.45) is 0 Å². The number of ether oxygens (including phenoxy) is 1. The molecule has 1 fully saturated rings. The highest BCUT2D eigenvalue weighted by atomic mass is 32.2. The molecule has 0 unspecified atom stereocenters. The fourth-order valence-corrected chi connectivity index (χ4v) is 5.45. The SMILES string of the molecule is O=S(=O)(c1ccccc1OC(F)(F)F)N1CCC(c2c[nH]c3ccc(F)cc23)CC1. The highest BCUT2D eigenvalue weighted by Crippen LogP contribution is 2.37. The molecule has 2 aromatic carbocycles. The van der Waals surface area contributed by atoms with E-state index in [-0.39, 0.29) is 24.8 Å². The molecule has 2 heterocycles. The van der Waals surface area contributed by atoms with E-state index in [9.17, 15) is 26.0 Å². The minimum atomic E-state index is -5.00. The summed E-state index contributed by atoms with van der Waals surface area (Å²) in [5.74, 6) is -1.10. The lowest BCUT2D eigenvalue weighted by atomic mass is 9.90. The van der Waals surface area contributed by atoms with Crippen LogP contribution in [0.5, 0.6) is 5.75 Å². The van der Waals surface area contributed by atoms with Crippen molar-refractivity contribution in [3.63, 3.8) is 0 Å². The van der Waals surface area contributed by atoms with Crippen LogP contribution in [0.2, 0.25) is 0 Å². The van der Waals surface area contributed by atoms with Crippen molar-refractivity contribution in [2.75, 3.05) is 13.1 Å². The molecule has 0 radical (unpaired) electrons. The molecule has 3 aromatic rings. The third-order valence-electron chi connectivity index (χ3n) is 5.26. The van der Waals surface area contributed by atoms with E-state index in [4.69, 9.17) is 0 Å². The van der Waals surface area contributed by atoms with Crippen LogP contribution in [0.4, 0.5) is 17.6 Å². The minimum absolute atomic E-state index is 0.00803. The Kier molecular flexibility index (Phi) is 5.23. The second-order valence-electron chi connectivity index (χ2n) is 7.11. The van der Waals surface area contributed by atoms with Gasteiger partial charge in [-0.1, -0.05) is 12.1 Å². The van der Waals surface area contributed by atoms with Crippen molar-refractivity contribution in [1.29, 1.82) is 0 Å². The van der Waals surface area contributed by atoms with Gasteiger partial charge in [0.25, 0.3) is 0 Å². The second kappa shape index (κ2) is 7.59. The Morgan fingerprint density at radius 1 is 1.07 bits per heavy atom. The number of nitrogens with one attached hydrogen (secondary N) is 1. The molecule has 5 nitrogen and oxygen atoms in total. The normalized spacial score (nSPS) is 16.8. The number of nitrogens with zero attached hydrogens (tertiary/aromatic N) is 1. The summed E-state index contributed by atoms with van der Waals surface area (Å²) in [5, 5.41) is 0.750. The summed E-state index contributed by atoms with van der Waals surface area (Å²) in [4.78, 5) is 2.57. The number of H-pyrrole nitrogens is 1. The van der Waals surface area contributed by atoms with Gasteiger partial charge in [0.1, 0.15) is 16.5 Å². The highest BCUT2D eigenvalue weighted by molar-refractivity contribution is 7.89. The molecule has 1 aliphatic rings. The van der Waals surface area contributed by atoms with Crippen LogP contribution in [0.15, 0.2) is 53.6 Å². The number of fused-ring (bicyclic) bond motifs is 1. The molecule has 1 saturated heterocycles. The molecule has 160 valence electrons. The first-order chi connectivity index (χ1) is 14.1. The summed E-state index contributed by atoms with van der Waals surface area (Å²) in [6, 6.07) is 9.16. The number of alkyl halides is 3. The molecular weight excluding hydrogens is 424 g/mol. The van der Waals surface area contributed by atoms with Gasteiger partial charge in [0.05, 0.1) is 0 Å². The van der Waals surface area contributed by atoms with Crippen LogP contribution in [0.1, 0.15) is 24.3 Å². The number of hydrogen-bond acceptors (Lipinski definition) is 3. The summed E-state index contributed by atoms with van der Waals surface area (Å²) in [6.07, 6.45) is -2.27. The summed E-state index contributed by atoms with van der Waals surface area (Å²) in [6.45, 7) is 0.269. The predicted octanol–water partition coefficient (Wildman–Crippen LogP) is 4.77. The van der Waals surface area contributed by atoms with Crippen LogP contribution in [-0.2, 0) is 10.0 Å². The molecule has 0 saturated carbocycles. The Morgan fingerprint density at radius 3 is 2.47 bits per heavy atom. The maximum Gasteiger partial charge on any atom is 0.573 e. The largest absolute Gasteiger partial charge is 0.573 e. The summed E-state index contributed by atoms with van der Waals surface area (Å²) in [7, 11) is -4.17. The Bertz CT molecular complexity index is 1170. The molecule has 1 aliphatic heterocycles. The number of rotatable bonds is 4. The Balaban J connectivity index is 1.55. The molecule has 1 N–H and O–H groups in total. The Hall–Kier alpha value is -2.59. The summed E-state index contributed by atoms with van der Waals surface area (Å²) in [5.41, 5.74) is 1.70. The third kappa shape index (κ3) is 4.01. The van der Waals surface area contributed by atoms with E-state index in [1.807, 2.05) is 0 Å². The van der Waals surface area contributed by atoms with Gasteiger partial charge in [0, 0.05) is 30.2 Å². The lowest BCUT2D eigenvalue weighted by Gasteiger charge is -2.31. The fourth-order valence-electron chi connectivity index (χ4n) is 3.87. The number of sulfonamides is 1. The zero-order valence-electron chi connectivity index (χ0n) is 15.6. The molecule has 0 spiro atoms. The van der Waals surface area contributed by atoms with Gasteiger partial charge in [-0.2, -0.15) is 4.31 Å². The molecule has 0 amide bonds. The first kappa shape index (κ1) is 20.7. The van der Waals surface area contributed by atoms with Crippen LogP contribution < -0.4 is 4.74 Å². The summed E-state index contributed by atoms with van der Waals surface area (Å²) >= 11 is 0. The van der Waals surface area contributed by atoms with E-state index in [1.54, 1.807) is 12.3 Å². The molecule has 30 heavy (non-hydrogen) atoms. The first-order valence-electron chi connectivity index (χ1n) is 9.26. The number of aromatic nitrogens is 1. The van der Waals surface area contributed by atoms with E-state index in [2.05, 4.69) is 9.72 Å². The molecule has 1 aromatic heterocycles. The number of aromatic amines is 1. The van der Waals surface area contributed by atoms with E-state index >= 15 is 0 Å². The van der Waals surface area contributed by atoms with Crippen LogP contribution in [-0.4, -0.2) is 37.2 Å². The lowest BCUT2D eigenvalue weighted by Crippen LogP contribution is -2.38. The molecule has 4 rings (SSSR count). The van der Waals surface area contributed by atoms with Gasteiger partial charge in [-0.25, -0.2) is 12.8 Å². The van der Waals surface area contributed by atoms with Crippen molar-refractivity contribution in [1.82, 2.24) is 9.29 Å². The van der Waals surface area contributed by atoms with Gasteiger partial charge in [0.15, 0.2) is 0 Å². The van der Waals surface area contributed by atoms with Gasteiger partial charge in [-0.05, 0) is 54.7 Å². The quantitative estimate of drug-likeness (QED) is 0.592. The van der Waals surface area contributed by atoms with Crippen LogP contribution in [0.3, 0.4) is 0 Å². The monoisotopic (exact) mass is 442 g/mol. The maximum absolute atomic E-state index is 13.6. The average Bonchev–Trinajstić information content (AvgIpc) is 3.10. The second-order valence-corrected chi connectivity index (χ2v) is 9.01. The molecular formula is C20H18F4N2O3S. The number of hydrogen-bond donors (Lipinski definition) is 1. The van der Waals surface area contributed by atoms with Gasteiger partial charge >= 0.3 is 6.36 Å². The first-order valence-corrected chi connectivity index (χ1v) is 10.7. The van der Waals surface area contributed by atoms with E-state index in [0.29, 0.717) is 12.8 Å². The standard InChI is InChI=1S/C20H18F4N2O3S/c21-14-5-6-17-15(11-14)16(12-25-17)13-7-9-26(10-8-13)30(27,28)19-4-2-1-3-18(19)29-20(22,23)24/h1-6,11-13,25H,7-10H2. The lowest BCUT2D eigenvalue weighted by molar-refractivity contribution is -0.275. The van der Waals surface area contributed by atoms with Crippen LogP contribution >= 0.6 is 0 Å². The van der Waals surface area contributed by atoms with Crippen LogP contribution in [0, 0.1) is 5.82 Å². The third-order valence-corrected chi connectivity index (χ3v) is 7.20. The van der Waals surface area contributed by atoms with E-state index < -0.39 is 27.0 Å². The summed E-state index contributed by atoms with van der Waals surface area (Å²) < 4.78 is 82.6. The average molecular weight is 442 g/mol. The van der Waals surface area contributed by atoms with E-state index in [1.165, 1.54) is 24.3 Å². The van der Waals surface area contributed by atoms with E-state index in [0.717, 1.165) is 32.9 Å². The van der Waals surface area contributed by atoms with Gasteiger partial charge < -0.3 is 9.72 Å². The van der Waals surface area contributed by atoms with Crippen molar-refractivity contribution >= 4 is 20.9 Å². The van der Waals surface area contributed by atoms with Crippen LogP contribution in [0.25, 0.3) is 10.9 Å². The number of para-hydroxylation sites is 1. The Morgan fingerprint density at radius 2 is 1.77 bits per heavy atom. The van der Waals surface area contributed by atoms with Crippen molar-refractivity contribution in [3.8, 4) is 5.75 Å². The number of piperidine rings is 1. The molecule has 10 heteroatoms. The minimum Gasteiger partial charge on any atom is -0.404 e. The van der Waals surface area contributed by atoms with Crippen molar-refractivity contribution in [2.45, 2.75) is 30.0 Å². The number of halogens is 4. The zero-order chi connectivity index (χ0) is 21.5. The Labute approximate surface area is 170 Å². The van der Waals surface area contributed by atoms with Crippen molar-refractivity contribution < 1.29 is 30.7 Å². The molecule has 0 atom stereocenters. The maximum atomic E-state index is 13.6. The molecule has 0 bridgehead atoms. The smallest absolute Gasteiger partial charge is 0.404 e. The van der Waals surface area contributed by atoms with Gasteiger partial charge in [-0.15, -0.1) is 13.2 Å².